The molecule has 0 amide bonds. The van der Waals surface area contributed by atoms with Crippen LogP contribution in [0.5, 0.6) is 0 Å². The molecular weight excluding hydrogens is 306 g/mol. The molecule has 3 aliphatic rings. The monoisotopic (exact) mass is 339 g/mol. The van der Waals surface area contributed by atoms with Gasteiger partial charge in [-0.15, -0.1) is 0 Å². The quantitative estimate of drug-likeness (QED) is 0.627. The van der Waals surface area contributed by atoms with Crippen molar-refractivity contribution in [3.05, 3.63) is 35.4 Å². The Morgan fingerprint density at radius 1 is 0.880 bits per heavy atom. The van der Waals surface area contributed by atoms with Crippen LogP contribution in [0.3, 0.4) is 0 Å². The lowest BCUT2D eigenvalue weighted by Crippen LogP contribution is -2.49. The first-order valence-corrected chi connectivity index (χ1v) is 10.5. The van der Waals surface area contributed by atoms with Crippen molar-refractivity contribution >= 4 is 5.96 Å². The smallest absolute Gasteiger partial charge is 0.194 e. The van der Waals surface area contributed by atoms with Crippen LogP contribution in [0.25, 0.3) is 0 Å². The van der Waals surface area contributed by atoms with Crippen molar-refractivity contribution in [2.45, 2.75) is 89.3 Å². The van der Waals surface area contributed by atoms with Crippen LogP contribution in [0.15, 0.2) is 29.3 Å². The van der Waals surface area contributed by atoms with Crippen LogP contribution >= 0.6 is 0 Å². The minimum Gasteiger partial charge on any atom is -0.353 e. The van der Waals surface area contributed by atoms with Crippen molar-refractivity contribution in [3.8, 4) is 0 Å². The summed E-state index contributed by atoms with van der Waals surface area (Å²) < 4.78 is 0. The maximum atomic E-state index is 5.26. The van der Waals surface area contributed by atoms with Crippen LogP contribution < -0.4 is 5.32 Å². The third-order valence-electron chi connectivity index (χ3n) is 6.25. The highest BCUT2D eigenvalue weighted by Gasteiger charge is 2.24. The summed E-state index contributed by atoms with van der Waals surface area (Å²) in [6, 6.07) is 10.1. The second-order valence-electron chi connectivity index (χ2n) is 8.16. The first-order chi connectivity index (χ1) is 12.4. The van der Waals surface area contributed by atoms with Gasteiger partial charge in [-0.3, -0.25) is 0 Å². The van der Waals surface area contributed by atoms with Gasteiger partial charge in [-0.25, -0.2) is 4.99 Å². The van der Waals surface area contributed by atoms with Crippen molar-refractivity contribution in [1.82, 2.24) is 10.2 Å². The molecule has 3 heteroatoms. The molecule has 1 N–H and O–H groups in total. The van der Waals surface area contributed by atoms with Gasteiger partial charge < -0.3 is 10.2 Å². The predicted molar refractivity (Wildman–Crippen MR) is 105 cm³/mol. The fourth-order valence-corrected chi connectivity index (χ4v) is 4.70. The first-order valence-electron chi connectivity index (χ1n) is 10.5. The summed E-state index contributed by atoms with van der Waals surface area (Å²) in [5, 5.41) is 3.88. The van der Waals surface area contributed by atoms with E-state index in [-0.39, 0.29) is 0 Å². The van der Waals surface area contributed by atoms with Crippen LogP contribution in [0.2, 0.25) is 0 Å². The summed E-state index contributed by atoms with van der Waals surface area (Å²) >= 11 is 0. The Bertz CT molecular complexity index is 583. The van der Waals surface area contributed by atoms with Crippen molar-refractivity contribution < 1.29 is 0 Å². The molecule has 0 radical (unpaired) electrons. The number of nitrogens with zero attached hydrogens (tertiary/aromatic N) is 2. The number of fused-ring (bicyclic) bond motifs is 1. The summed E-state index contributed by atoms with van der Waals surface area (Å²) in [5.74, 6) is 1.20. The van der Waals surface area contributed by atoms with Gasteiger partial charge in [0.1, 0.15) is 0 Å². The molecule has 3 nitrogen and oxygen atoms in total. The van der Waals surface area contributed by atoms with Crippen LogP contribution in [-0.2, 0) is 13.0 Å². The normalized spacial score (nSPS) is 23.4. The van der Waals surface area contributed by atoms with E-state index in [2.05, 4.69) is 34.5 Å². The highest BCUT2D eigenvalue weighted by molar-refractivity contribution is 5.81. The Morgan fingerprint density at radius 3 is 2.32 bits per heavy atom. The lowest BCUT2D eigenvalue weighted by Gasteiger charge is -2.35. The molecule has 1 aliphatic heterocycles. The summed E-state index contributed by atoms with van der Waals surface area (Å²) in [7, 11) is 0. The number of hydrogen-bond acceptors (Lipinski definition) is 1. The zero-order valence-electron chi connectivity index (χ0n) is 15.6. The van der Waals surface area contributed by atoms with Crippen molar-refractivity contribution in [1.29, 1.82) is 0 Å². The standard InChI is InChI=1S/C22H33N3/c1-3-11-20(12-4-1)23-22(24-21-13-5-2-6-14-21)25-16-15-18-9-7-8-10-19(18)17-25/h7-10,20-21H,1-6,11-17H2,(H,23,24). The van der Waals surface area contributed by atoms with E-state index >= 15 is 0 Å². The number of benzene rings is 1. The minimum atomic E-state index is 0.539. The highest BCUT2D eigenvalue weighted by atomic mass is 15.3. The van der Waals surface area contributed by atoms with Crippen LogP contribution in [0, 0.1) is 0 Å². The SMILES string of the molecule is c1ccc2c(c1)CCN(C(=NC1CCCCC1)NC1CCCCC1)C2. The molecular formula is C22H33N3. The predicted octanol–water partition coefficient (Wildman–Crippen LogP) is 4.66. The number of hydrogen-bond donors (Lipinski definition) is 1. The first kappa shape index (κ1) is 16.9. The van der Waals surface area contributed by atoms with E-state index in [1.165, 1.54) is 81.3 Å². The lowest BCUT2D eigenvalue weighted by atomic mass is 9.95. The molecule has 2 aliphatic carbocycles. The van der Waals surface area contributed by atoms with Crippen LogP contribution in [0.4, 0.5) is 0 Å². The van der Waals surface area contributed by atoms with Gasteiger partial charge >= 0.3 is 0 Å². The molecule has 25 heavy (non-hydrogen) atoms. The fraction of sp³-hybridized carbons (Fsp3) is 0.682. The Morgan fingerprint density at radius 2 is 1.56 bits per heavy atom. The summed E-state index contributed by atoms with van der Waals surface area (Å²) in [6.45, 7) is 2.11. The minimum absolute atomic E-state index is 0.539. The topological polar surface area (TPSA) is 27.6 Å². The summed E-state index contributed by atoms with van der Waals surface area (Å²) in [6.07, 6.45) is 14.6. The second kappa shape index (κ2) is 8.25. The van der Waals surface area contributed by atoms with E-state index in [4.69, 9.17) is 4.99 Å². The molecule has 0 spiro atoms. The molecule has 1 heterocycles. The maximum Gasteiger partial charge on any atom is 0.194 e. The lowest BCUT2D eigenvalue weighted by molar-refractivity contribution is 0.342. The van der Waals surface area contributed by atoms with E-state index in [1.54, 1.807) is 0 Å². The van der Waals surface area contributed by atoms with Gasteiger partial charge in [-0.05, 0) is 43.2 Å². The Hall–Kier alpha value is -1.51. The van der Waals surface area contributed by atoms with E-state index < -0.39 is 0 Å². The average Bonchev–Trinajstić information content (AvgIpc) is 2.69. The molecule has 136 valence electrons. The van der Waals surface area contributed by atoms with E-state index in [9.17, 15) is 0 Å². The van der Waals surface area contributed by atoms with Gasteiger partial charge in [0.15, 0.2) is 5.96 Å². The molecule has 2 fully saturated rings. The number of aliphatic imine (C=N–C) groups is 1. The molecule has 0 bridgehead atoms. The Balaban J connectivity index is 1.51. The molecule has 0 unspecified atom stereocenters. The molecule has 1 aromatic carbocycles. The van der Waals surface area contributed by atoms with Crippen molar-refractivity contribution in [2.75, 3.05) is 6.54 Å². The molecule has 1 aromatic rings. The van der Waals surface area contributed by atoms with E-state index in [1.807, 2.05) is 0 Å². The Kier molecular flexibility index (Phi) is 5.58. The molecule has 0 atom stereocenters. The van der Waals surface area contributed by atoms with Crippen molar-refractivity contribution in [2.24, 2.45) is 4.99 Å². The number of rotatable bonds is 2. The van der Waals surface area contributed by atoms with Gasteiger partial charge in [0.25, 0.3) is 0 Å². The summed E-state index contributed by atoms with van der Waals surface area (Å²) in [4.78, 5) is 7.78. The summed E-state index contributed by atoms with van der Waals surface area (Å²) in [5.41, 5.74) is 3.00. The largest absolute Gasteiger partial charge is 0.353 e. The van der Waals surface area contributed by atoms with Crippen LogP contribution in [0.1, 0.15) is 75.3 Å². The number of guanidine groups is 1. The van der Waals surface area contributed by atoms with E-state index in [0.29, 0.717) is 12.1 Å². The fourth-order valence-electron chi connectivity index (χ4n) is 4.70. The highest BCUT2D eigenvalue weighted by Crippen LogP contribution is 2.24. The van der Waals surface area contributed by atoms with Crippen molar-refractivity contribution in [3.63, 3.8) is 0 Å². The van der Waals surface area contributed by atoms with Gasteiger partial charge in [0.2, 0.25) is 0 Å². The average molecular weight is 340 g/mol. The Labute approximate surface area is 152 Å². The van der Waals surface area contributed by atoms with Gasteiger partial charge in [0.05, 0.1) is 6.04 Å². The van der Waals surface area contributed by atoms with Gasteiger partial charge in [-0.2, -0.15) is 0 Å². The third-order valence-corrected chi connectivity index (χ3v) is 6.25. The van der Waals surface area contributed by atoms with Gasteiger partial charge in [0, 0.05) is 19.1 Å². The zero-order chi connectivity index (χ0) is 16.9. The van der Waals surface area contributed by atoms with Crippen LogP contribution in [-0.4, -0.2) is 29.5 Å². The van der Waals surface area contributed by atoms with E-state index in [0.717, 1.165) is 19.5 Å². The molecule has 0 aromatic heterocycles. The molecule has 2 saturated carbocycles. The van der Waals surface area contributed by atoms with Gasteiger partial charge in [-0.1, -0.05) is 62.8 Å². The zero-order valence-corrected chi connectivity index (χ0v) is 15.6. The maximum absolute atomic E-state index is 5.26. The molecule has 4 rings (SSSR count). The molecule has 0 saturated heterocycles. The second-order valence-corrected chi connectivity index (χ2v) is 8.16. The third kappa shape index (κ3) is 4.37. The number of nitrogens with one attached hydrogen (secondary N) is 1.